The average Bonchev–Trinajstić information content (AvgIpc) is 2.98. The molecule has 2 heterocycles. The van der Waals surface area contributed by atoms with Crippen molar-refractivity contribution < 1.29 is 4.79 Å². The Morgan fingerprint density at radius 1 is 1.22 bits per heavy atom. The van der Waals surface area contributed by atoms with Crippen LogP contribution in [0, 0.1) is 12.3 Å². The third kappa shape index (κ3) is 4.43. The van der Waals surface area contributed by atoms with Gasteiger partial charge in [-0.05, 0) is 57.2 Å². The summed E-state index contributed by atoms with van der Waals surface area (Å²) in [6, 6.07) is 8.44. The molecule has 0 saturated carbocycles. The summed E-state index contributed by atoms with van der Waals surface area (Å²) in [4.78, 5) is 15.9. The molecule has 2 aliphatic rings. The van der Waals surface area contributed by atoms with E-state index in [1.54, 1.807) is 11.8 Å². The molecule has 1 aromatic carbocycles. The highest BCUT2D eigenvalue weighted by atomic mass is 35.5. The first-order valence-electron chi connectivity index (χ1n) is 8.31. The second-order valence-corrected chi connectivity index (χ2v) is 8.24. The zero-order valence-corrected chi connectivity index (χ0v) is 15.6. The van der Waals surface area contributed by atoms with Crippen LogP contribution in [-0.4, -0.2) is 42.2 Å². The first-order chi connectivity index (χ1) is 10.6. The number of hydrogen-bond acceptors (Lipinski definition) is 3. The maximum absolute atomic E-state index is 12.7. The minimum Gasteiger partial charge on any atom is -0.342 e. The van der Waals surface area contributed by atoms with Crippen LogP contribution in [0.5, 0.6) is 0 Å². The Balaban J connectivity index is 0.00000192. The van der Waals surface area contributed by atoms with E-state index in [0.29, 0.717) is 11.3 Å². The SMILES string of the molecule is Cc1ccc(SC(C)C(=O)N2CCC3(CCNC3)CC2)cc1.Cl. The highest BCUT2D eigenvalue weighted by Gasteiger charge is 2.38. The molecule has 2 fully saturated rings. The van der Waals surface area contributed by atoms with Gasteiger partial charge in [0.25, 0.3) is 0 Å². The lowest BCUT2D eigenvalue weighted by atomic mass is 9.78. The summed E-state index contributed by atoms with van der Waals surface area (Å²) < 4.78 is 0. The lowest BCUT2D eigenvalue weighted by molar-refractivity contribution is -0.132. The third-order valence-electron chi connectivity index (χ3n) is 5.15. The fourth-order valence-electron chi connectivity index (χ4n) is 3.55. The van der Waals surface area contributed by atoms with Crippen molar-refractivity contribution in [2.75, 3.05) is 26.2 Å². The smallest absolute Gasteiger partial charge is 0.235 e. The van der Waals surface area contributed by atoms with E-state index >= 15 is 0 Å². The number of rotatable bonds is 3. The molecule has 2 saturated heterocycles. The van der Waals surface area contributed by atoms with Gasteiger partial charge < -0.3 is 10.2 Å². The quantitative estimate of drug-likeness (QED) is 0.843. The first kappa shape index (κ1) is 18.6. The predicted octanol–water partition coefficient (Wildman–Crippen LogP) is 3.50. The Kier molecular flexibility index (Phi) is 6.40. The van der Waals surface area contributed by atoms with Crippen LogP contribution in [0.2, 0.25) is 0 Å². The summed E-state index contributed by atoms with van der Waals surface area (Å²) in [7, 11) is 0. The molecule has 1 N–H and O–H groups in total. The predicted molar refractivity (Wildman–Crippen MR) is 99.5 cm³/mol. The number of piperidine rings is 1. The van der Waals surface area contributed by atoms with Crippen LogP contribution < -0.4 is 5.32 Å². The number of hydrogen-bond donors (Lipinski definition) is 1. The van der Waals surface area contributed by atoms with Gasteiger partial charge in [-0.1, -0.05) is 17.7 Å². The minimum atomic E-state index is -0.00143. The summed E-state index contributed by atoms with van der Waals surface area (Å²) in [6.45, 7) is 8.27. The highest BCUT2D eigenvalue weighted by Crippen LogP contribution is 2.37. The minimum absolute atomic E-state index is 0. The first-order valence-corrected chi connectivity index (χ1v) is 9.19. The van der Waals surface area contributed by atoms with Gasteiger partial charge in [-0.15, -0.1) is 24.2 Å². The number of carbonyl (C=O) groups excluding carboxylic acids is 1. The number of aryl methyl sites for hydroxylation is 1. The van der Waals surface area contributed by atoms with Crippen molar-refractivity contribution in [3.05, 3.63) is 29.8 Å². The van der Waals surface area contributed by atoms with E-state index in [0.717, 1.165) is 39.0 Å². The number of benzene rings is 1. The molecule has 128 valence electrons. The Hall–Kier alpha value is -0.710. The Morgan fingerprint density at radius 2 is 1.87 bits per heavy atom. The summed E-state index contributed by atoms with van der Waals surface area (Å²) >= 11 is 1.67. The molecule has 1 amide bonds. The lowest BCUT2D eigenvalue weighted by Gasteiger charge is -2.39. The second-order valence-electron chi connectivity index (χ2n) is 6.83. The van der Waals surface area contributed by atoms with Crippen LogP contribution in [-0.2, 0) is 4.79 Å². The zero-order valence-electron chi connectivity index (χ0n) is 14.0. The van der Waals surface area contributed by atoms with Crippen molar-refractivity contribution >= 4 is 30.1 Å². The molecule has 3 rings (SSSR count). The van der Waals surface area contributed by atoms with Crippen LogP contribution in [0.25, 0.3) is 0 Å². The molecule has 0 aromatic heterocycles. The van der Waals surface area contributed by atoms with E-state index < -0.39 is 0 Å². The van der Waals surface area contributed by atoms with Crippen LogP contribution in [0.3, 0.4) is 0 Å². The summed E-state index contributed by atoms with van der Waals surface area (Å²) in [6.07, 6.45) is 3.60. The number of likely N-dealkylation sites (tertiary alicyclic amines) is 1. The molecule has 0 radical (unpaired) electrons. The fraction of sp³-hybridized carbons (Fsp3) is 0.611. The Labute approximate surface area is 150 Å². The molecule has 1 aromatic rings. The highest BCUT2D eigenvalue weighted by molar-refractivity contribution is 8.00. The molecule has 0 aliphatic carbocycles. The number of amides is 1. The van der Waals surface area contributed by atoms with Gasteiger partial charge in [0, 0.05) is 24.5 Å². The van der Waals surface area contributed by atoms with Gasteiger partial charge in [0.2, 0.25) is 5.91 Å². The largest absolute Gasteiger partial charge is 0.342 e. The van der Waals surface area contributed by atoms with E-state index in [-0.39, 0.29) is 17.7 Å². The molecule has 5 heteroatoms. The maximum atomic E-state index is 12.7. The van der Waals surface area contributed by atoms with E-state index in [2.05, 4.69) is 41.4 Å². The number of nitrogens with one attached hydrogen (secondary N) is 1. The Bertz CT molecular complexity index is 518. The molecule has 0 bridgehead atoms. The number of thioether (sulfide) groups is 1. The van der Waals surface area contributed by atoms with Crippen molar-refractivity contribution in [3.8, 4) is 0 Å². The van der Waals surface area contributed by atoms with Gasteiger partial charge in [0.05, 0.1) is 5.25 Å². The van der Waals surface area contributed by atoms with Crippen molar-refractivity contribution in [3.63, 3.8) is 0 Å². The third-order valence-corrected chi connectivity index (χ3v) is 6.25. The van der Waals surface area contributed by atoms with Crippen molar-refractivity contribution in [2.45, 2.75) is 43.3 Å². The van der Waals surface area contributed by atoms with Crippen LogP contribution in [0.1, 0.15) is 31.7 Å². The van der Waals surface area contributed by atoms with E-state index in [1.165, 1.54) is 16.9 Å². The van der Waals surface area contributed by atoms with Gasteiger partial charge in [-0.2, -0.15) is 0 Å². The molecular formula is C18H27ClN2OS. The summed E-state index contributed by atoms with van der Waals surface area (Å²) in [5, 5.41) is 3.48. The van der Waals surface area contributed by atoms with Crippen molar-refractivity contribution in [1.82, 2.24) is 10.2 Å². The van der Waals surface area contributed by atoms with Gasteiger partial charge >= 0.3 is 0 Å². The van der Waals surface area contributed by atoms with E-state index in [1.807, 2.05) is 6.92 Å². The summed E-state index contributed by atoms with van der Waals surface area (Å²) in [5.41, 5.74) is 1.74. The average molecular weight is 355 g/mol. The molecule has 1 unspecified atom stereocenters. The summed E-state index contributed by atoms with van der Waals surface area (Å²) in [5.74, 6) is 0.298. The van der Waals surface area contributed by atoms with Crippen LogP contribution >= 0.6 is 24.2 Å². The second kappa shape index (κ2) is 7.91. The fourth-order valence-corrected chi connectivity index (χ4v) is 4.50. The number of nitrogens with zero attached hydrogens (tertiary/aromatic N) is 1. The van der Waals surface area contributed by atoms with E-state index in [9.17, 15) is 4.79 Å². The maximum Gasteiger partial charge on any atom is 0.235 e. The monoisotopic (exact) mass is 354 g/mol. The number of halogens is 1. The standard InChI is InChI=1S/C18H26N2OS.ClH/c1-14-3-5-16(6-4-14)22-15(2)17(21)20-11-8-18(9-12-20)7-10-19-13-18;/h3-6,15,19H,7-13H2,1-2H3;1H. The lowest BCUT2D eigenvalue weighted by Crippen LogP contribution is -2.46. The Morgan fingerprint density at radius 3 is 2.43 bits per heavy atom. The molecule has 1 atom stereocenters. The molecule has 3 nitrogen and oxygen atoms in total. The topological polar surface area (TPSA) is 32.3 Å². The molecular weight excluding hydrogens is 328 g/mol. The van der Waals surface area contributed by atoms with Gasteiger partial charge in [-0.25, -0.2) is 0 Å². The number of carbonyl (C=O) groups is 1. The van der Waals surface area contributed by atoms with Crippen LogP contribution in [0.15, 0.2) is 29.2 Å². The van der Waals surface area contributed by atoms with E-state index in [4.69, 9.17) is 0 Å². The molecule has 1 spiro atoms. The van der Waals surface area contributed by atoms with Crippen molar-refractivity contribution in [1.29, 1.82) is 0 Å². The normalized spacial score (nSPS) is 21.0. The van der Waals surface area contributed by atoms with Gasteiger partial charge in [0.15, 0.2) is 0 Å². The van der Waals surface area contributed by atoms with Gasteiger partial charge in [-0.3, -0.25) is 4.79 Å². The molecule has 2 aliphatic heterocycles. The zero-order chi connectivity index (χ0) is 15.6. The van der Waals surface area contributed by atoms with Crippen molar-refractivity contribution in [2.24, 2.45) is 5.41 Å². The van der Waals surface area contributed by atoms with Gasteiger partial charge in [0.1, 0.15) is 0 Å². The van der Waals surface area contributed by atoms with Crippen LogP contribution in [0.4, 0.5) is 0 Å². The molecule has 23 heavy (non-hydrogen) atoms.